The molecule has 80 valence electrons. The van der Waals surface area contributed by atoms with Gasteiger partial charge in [-0.3, -0.25) is 14.5 Å². The summed E-state index contributed by atoms with van der Waals surface area (Å²) in [7, 11) is 1.56. The Balaban J connectivity index is 2.56. The summed E-state index contributed by atoms with van der Waals surface area (Å²) in [5.41, 5.74) is 0. The van der Waals surface area contributed by atoms with E-state index in [1.165, 1.54) is 0 Å². The van der Waals surface area contributed by atoms with E-state index >= 15 is 0 Å². The minimum Gasteiger partial charge on any atom is -0.480 e. The molecule has 0 aromatic carbocycles. The highest BCUT2D eigenvalue weighted by molar-refractivity contribution is 5.82. The highest BCUT2D eigenvalue weighted by atomic mass is 16.4. The molecular weight excluding hydrogens is 184 g/mol. The van der Waals surface area contributed by atoms with Gasteiger partial charge in [-0.15, -0.1) is 0 Å². The second-order valence-corrected chi connectivity index (χ2v) is 3.59. The van der Waals surface area contributed by atoms with E-state index in [0.717, 1.165) is 12.8 Å². The quantitative estimate of drug-likeness (QED) is 0.637. The van der Waals surface area contributed by atoms with Crippen molar-refractivity contribution in [2.24, 2.45) is 0 Å². The number of hydrogen-bond acceptors (Lipinski definition) is 3. The molecule has 1 saturated carbocycles. The van der Waals surface area contributed by atoms with Crippen molar-refractivity contribution < 1.29 is 14.7 Å². The van der Waals surface area contributed by atoms with Gasteiger partial charge in [-0.25, -0.2) is 0 Å². The third-order valence-electron chi connectivity index (χ3n) is 2.46. The van der Waals surface area contributed by atoms with Gasteiger partial charge in [-0.05, 0) is 19.8 Å². The van der Waals surface area contributed by atoms with Gasteiger partial charge >= 0.3 is 5.97 Å². The molecule has 2 N–H and O–H groups in total. The van der Waals surface area contributed by atoms with Crippen molar-refractivity contribution in [1.82, 2.24) is 10.2 Å². The normalized spacial score (nSPS) is 17.9. The van der Waals surface area contributed by atoms with Crippen molar-refractivity contribution in [3.8, 4) is 0 Å². The summed E-state index contributed by atoms with van der Waals surface area (Å²) < 4.78 is 0. The average Bonchev–Trinajstić information content (AvgIpc) is 2.94. The van der Waals surface area contributed by atoms with Gasteiger partial charge in [0.05, 0.1) is 12.6 Å². The molecule has 1 fully saturated rings. The average molecular weight is 200 g/mol. The van der Waals surface area contributed by atoms with Crippen LogP contribution in [0.4, 0.5) is 0 Å². The largest absolute Gasteiger partial charge is 0.480 e. The lowest BCUT2D eigenvalue weighted by atomic mass is 10.2. The zero-order valence-corrected chi connectivity index (χ0v) is 8.49. The van der Waals surface area contributed by atoms with E-state index in [0.29, 0.717) is 0 Å². The van der Waals surface area contributed by atoms with Crippen LogP contribution in [0.3, 0.4) is 0 Å². The van der Waals surface area contributed by atoms with E-state index in [9.17, 15) is 9.59 Å². The summed E-state index contributed by atoms with van der Waals surface area (Å²) in [6.45, 7) is 1.68. The third-order valence-corrected chi connectivity index (χ3v) is 2.46. The molecule has 0 bridgehead atoms. The summed E-state index contributed by atoms with van der Waals surface area (Å²) in [4.78, 5) is 23.6. The van der Waals surface area contributed by atoms with E-state index in [1.54, 1.807) is 18.9 Å². The molecule has 1 amide bonds. The van der Waals surface area contributed by atoms with Crippen LogP contribution in [-0.2, 0) is 9.59 Å². The Labute approximate surface area is 83.1 Å². The number of nitrogens with one attached hydrogen (secondary N) is 1. The second kappa shape index (κ2) is 4.41. The smallest absolute Gasteiger partial charge is 0.317 e. The van der Waals surface area contributed by atoms with E-state index in [2.05, 4.69) is 5.32 Å². The maximum Gasteiger partial charge on any atom is 0.317 e. The monoisotopic (exact) mass is 200 g/mol. The van der Waals surface area contributed by atoms with Crippen LogP contribution < -0.4 is 5.32 Å². The Hall–Kier alpha value is -1.10. The number of rotatable bonds is 5. The molecule has 5 heteroatoms. The maximum atomic E-state index is 11.3. The molecule has 0 aromatic rings. The van der Waals surface area contributed by atoms with Crippen molar-refractivity contribution >= 4 is 11.9 Å². The summed E-state index contributed by atoms with van der Waals surface area (Å²) in [5, 5.41) is 11.2. The zero-order valence-electron chi connectivity index (χ0n) is 8.49. The third kappa shape index (κ3) is 2.70. The fourth-order valence-electron chi connectivity index (χ4n) is 1.50. The molecule has 1 unspecified atom stereocenters. The van der Waals surface area contributed by atoms with Crippen molar-refractivity contribution in [3.05, 3.63) is 0 Å². The van der Waals surface area contributed by atoms with Gasteiger partial charge in [0.2, 0.25) is 5.91 Å². The minimum atomic E-state index is -0.882. The molecule has 1 aliphatic rings. The van der Waals surface area contributed by atoms with Crippen molar-refractivity contribution in [2.45, 2.75) is 31.8 Å². The van der Waals surface area contributed by atoms with Crippen LogP contribution in [0.25, 0.3) is 0 Å². The number of likely N-dealkylation sites (N-methyl/N-ethyl adjacent to an activating group) is 1. The van der Waals surface area contributed by atoms with Crippen molar-refractivity contribution in [3.63, 3.8) is 0 Å². The highest BCUT2D eigenvalue weighted by Gasteiger charge is 2.35. The fourth-order valence-corrected chi connectivity index (χ4v) is 1.50. The molecule has 1 rings (SSSR count). The van der Waals surface area contributed by atoms with Crippen LogP contribution in [0, 0.1) is 0 Å². The first-order valence-electron chi connectivity index (χ1n) is 4.75. The Morgan fingerprint density at radius 3 is 2.50 bits per heavy atom. The number of nitrogens with zero attached hydrogens (tertiary/aromatic N) is 1. The lowest BCUT2D eigenvalue weighted by molar-refractivity contribution is -0.140. The van der Waals surface area contributed by atoms with Crippen LogP contribution in [0.15, 0.2) is 0 Å². The first-order chi connectivity index (χ1) is 6.56. The molecule has 14 heavy (non-hydrogen) atoms. The van der Waals surface area contributed by atoms with Crippen LogP contribution in [0.1, 0.15) is 19.8 Å². The van der Waals surface area contributed by atoms with E-state index in [1.807, 2.05) is 0 Å². The number of hydrogen-bond donors (Lipinski definition) is 2. The maximum absolute atomic E-state index is 11.3. The van der Waals surface area contributed by atoms with Crippen LogP contribution in [0.5, 0.6) is 0 Å². The topological polar surface area (TPSA) is 69.6 Å². The molecular formula is C9H16N2O3. The van der Waals surface area contributed by atoms with Gasteiger partial charge in [0.1, 0.15) is 0 Å². The predicted octanol–water partition coefficient (Wildman–Crippen LogP) is -0.330. The standard InChI is InChI=1S/C9H16N2O3/c1-6(9(14)10-2)11(5-8(12)13)7-3-4-7/h6-7H,3-5H2,1-2H3,(H,10,14)(H,12,13). The summed E-state index contributed by atoms with van der Waals surface area (Å²) >= 11 is 0. The summed E-state index contributed by atoms with van der Waals surface area (Å²) in [6, 6.07) is -0.0815. The number of aliphatic carboxylic acids is 1. The number of carboxylic acids is 1. The van der Waals surface area contributed by atoms with Gasteiger partial charge in [0.15, 0.2) is 0 Å². The Bertz CT molecular complexity index is 238. The predicted molar refractivity (Wildman–Crippen MR) is 50.9 cm³/mol. The van der Waals surface area contributed by atoms with Gasteiger partial charge in [-0.2, -0.15) is 0 Å². The molecule has 5 nitrogen and oxygen atoms in total. The van der Waals surface area contributed by atoms with Crippen LogP contribution in [0.2, 0.25) is 0 Å². The van der Waals surface area contributed by atoms with Crippen LogP contribution >= 0.6 is 0 Å². The molecule has 0 heterocycles. The Morgan fingerprint density at radius 2 is 2.14 bits per heavy atom. The summed E-state index contributed by atoms with van der Waals surface area (Å²) in [5.74, 6) is -1.01. The first-order valence-corrected chi connectivity index (χ1v) is 4.75. The lowest BCUT2D eigenvalue weighted by Gasteiger charge is -2.25. The molecule has 0 saturated heterocycles. The molecule has 1 aliphatic carbocycles. The number of carbonyl (C=O) groups excluding carboxylic acids is 1. The van der Waals surface area contributed by atoms with E-state index < -0.39 is 5.97 Å². The molecule has 0 aromatic heterocycles. The van der Waals surface area contributed by atoms with Gasteiger partial charge < -0.3 is 10.4 Å². The molecule has 0 aliphatic heterocycles. The fraction of sp³-hybridized carbons (Fsp3) is 0.778. The number of amides is 1. The molecule has 1 atom stereocenters. The van der Waals surface area contributed by atoms with Crippen molar-refractivity contribution in [2.75, 3.05) is 13.6 Å². The second-order valence-electron chi connectivity index (χ2n) is 3.59. The molecule has 0 spiro atoms. The first kappa shape index (κ1) is 11.0. The SMILES string of the molecule is CNC(=O)C(C)N(CC(=O)O)C1CC1. The number of carboxylic acid groups (broad SMARTS) is 1. The van der Waals surface area contributed by atoms with Gasteiger partial charge in [-0.1, -0.05) is 0 Å². The number of carbonyl (C=O) groups is 2. The Kier molecular flexibility index (Phi) is 3.46. The highest BCUT2D eigenvalue weighted by Crippen LogP contribution is 2.28. The van der Waals surface area contributed by atoms with Gasteiger partial charge in [0, 0.05) is 13.1 Å². The van der Waals surface area contributed by atoms with Crippen molar-refractivity contribution in [1.29, 1.82) is 0 Å². The molecule has 0 radical (unpaired) electrons. The van der Waals surface area contributed by atoms with E-state index in [-0.39, 0.29) is 24.5 Å². The minimum absolute atomic E-state index is 0.0563. The Morgan fingerprint density at radius 1 is 1.57 bits per heavy atom. The van der Waals surface area contributed by atoms with Gasteiger partial charge in [0.25, 0.3) is 0 Å². The van der Waals surface area contributed by atoms with E-state index in [4.69, 9.17) is 5.11 Å². The lowest BCUT2D eigenvalue weighted by Crippen LogP contribution is -2.47. The summed E-state index contributed by atoms with van der Waals surface area (Å²) in [6.07, 6.45) is 1.99. The van der Waals surface area contributed by atoms with Crippen LogP contribution in [-0.4, -0.2) is 47.6 Å². The zero-order chi connectivity index (χ0) is 10.7.